The lowest BCUT2D eigenvalue weighted by Gasteiger charge is -1.87. The molecule has 0 aliphatic carbocycles. The molecule has 6 nitrogen and oxygen atoms in total. The maximum atomic E-state index is 11.0. The van der Waals surface area contributed by atoms with Crippen LogP contribution in [0.1, 0.15) is 20.7 Å². The van der Waals surface area contributed by atoms with Gasteiger partial charge in [0, 0.05) is 0 Å². The molecule has 0 bridgehead atoms. The SMILES string of the molecule is N#[N+]C(=O)c1ccccc1C(=O)[N+]#N. The highest BCUT2D eigenvalue weighted by molar-refractivity contribution is 6.13. The highest BCUT2D eigenvalue weighted by Crippen LogP contribution is 2.11. The van der Waals surface area contributed by atoms with E-state index in [0.29, 0.717) is 0 Å². The van der Waals surface area contributed by atoms with Gasteiger partial charge in [-0.05, 0) is 12.1 Å². The average Bonchev–Trinajstić information content (AvgIpc) is 2.27. The van der Waals surface area contributed by atoms with E-state index in [4.69, 9.17) is 10.8 Å². The predicted molar refractivity (Wildman–Crippen MR) is 45.3 cm³/mol. The zero-order valence-electron chi connectivity index (χ0n) is 6.91. The van der Waals surface area contributed by atoms with E-state index in [-0.39, 0.29) is 11.1 Å². The second-order valence-corrected chi connectivity index (χ2v) is 2.36. The van der Waals surface area contributed by atoms with Crippen LogP contribution in [0.2, 0.25) is 0 Å². The Labute approximate surface area is 78.4 Å². The van der Waals surface area contributed by atoms with Gasteiger partial charge in [-0.1, -0.05) is 12.1 Å². The number of rotatable bonds is 2. The van der Waals surface area contributed by atoms with Crippen LogP contribution in [0.3, 0.4) is 0 Å². The summed E-state index contributed by atoms with van der Waals surface area (Å²) in [7, 11) is 0. The van der Waals surface area contributed by atoms with Crippen LogP contribution >= 0.6 is 0 Å². The van der Waals surface area contributed by atoms with Crippen LogP contribution in [0, 0.1) is 10.8 Å². The average molecular weight is 188 g/mol. The molecule has 0 saturated heterocycles. The van der Waals surface area contributed by atoms with E-state index in [1.165, 1.54) is 24.3 Å². The summed E-state index contributed by atoms with van der Waals surface area (Å²) in [4.78, 5) is 26.8. The van der Waals surface area contributed by atoms with Crippen LogP contribution in [0.5, 0.6) is 0 Å². The number of diazo groups is 2. The van der Waals surface area contributed by atoms with Crippen LogP contribution in [-0.2, 0) is 0 Å². The van der Waals surface area contributed by atoms with Crippen molar-refractivity contribution in [1.29, 1.82) is 10.8 Å². The molecular formula is C8H4N4O2+2. The molecule has 0 aromatic heterocycles. The van der Waals surface area contributed by atoms with Crippen molar-refractivity contribution < 1.29 is 9.59 Å². The lowest BCUT2D eigenvalue weighted by atomic mass is 10.1. The molecule has 0 N–H and O–H groups in total. The van der Waals surface area contributed by atoms with Crippen molar-refractivity contribution in [1.82, 2.24) is 0 Å². The first-order valence-electron chi connectivity index (χ1n) is 3.58. The van der Waals surface area contributed by atoms with Crippen molar-refractivity contribution in [2.45, 2.75) is 0 Å². The number of hydrogen-bond acceptors (Lipinski definition) is 4. The first-order chi connectivity index (χ1) is 6.70. The van der Waals surface area contributed by atoms with Gasteiger partial charge in [-0.3, -0.25) is 0 Å². The number of carbonyl (C=O) groups is 2. The monoisotopic (exact) mass is 188 g/mol. The minimum Gasteiger partial charge on any atom is -0.193 e. The summed E-state index contributed by atoms with van der Waals surface area (Å²) < 4.78 is 0. The van der Waals surface area contributed by atoms with Gasteiger partial charge in [0.1, 0.15) is 11.1 Å². The van der Waals surface area contributed by atoms with Crippen molar-refractivity contribution in [3.8, 4) is 0 Å². The minimum atomic E-state index is -0.961. The molecule has 2 amide bonds. The van der Waals surface area contributed by atoms with E-state index in [9.17, 15) is 9.59 Å². The molecule has 1 rings (SSSR count). The lowest BCUT2D eigenvalue weighted by molar-refractivity contribution is 0.101. The number of nitrogens with zero attached hydrogens (tertiary/aromatic N) is 4. The highest BCUT2D eigenvalue weighted by Gasteiger charge is 2.31. The molecule has 1 aromatic rings. The van der Waals surface area contributed by atoms with Gasteiger partial charge in [-0.25, -0.2) is 0 Å². The van der Waals surface area contributed by atoms with Gasteiger partial charge >= 0.3 is 11.8 Å². The quantitative estimate of drug-likeness (QED) is 0.660. The Kier molecular flexibility index (Phi) is 2.63. The Hall–Kier alpha value is -2.60. The van der Waals surface area contributed by atoms with Gasteiger partial charge < -0.3 is 0 Å². The largest absolute Gasteiger partial charge is 0.594 e. The molecule has 66 valence electrons. The second-order valence-electron chi connectivity index (χ2n) is 2.36. The van der Waals surface area contributed by atoms with Crippen molar-refractivity contribution in [3.63, 3.8) is 0 Å². The van der Waals surface area contributed by atoms with Crippen LogP contribution < -0.4 is 0 Å². The van der Waals surface area contributed by atoms with Gasteiger partial charge in [0.15, 0.2) is 0 Å². The highest BCUT2D eigenvalue weighted by atomic mass is 16.2. The number of carbonyl (C=O) groups excluding carboxylic acids is 2. The van der Waals surface area contributed by atoms with Gasteiger partial charge in [0.25, 0.3) is 0 Å². The number of amides is 2. The summed E-state index contributed by atoms with van der Waals surface area (Å²) in [5, 5.41) is 16.5. The molecular weight excluding hydrogens is 184 g/mol. The molecule has 0 spiro atoms. The van der Waals surface area contributed by atoms with E-state index in [1.807, 2.05) is 0 Å². The van der Waals surface area contributed by atoms with Gasteiger partial charge in [0.2, 0.25) is 20.7 Å². The summed E-state index contributed by atoms with van der Waals surface area (Å²) >= 11 is 0. The Morgan fingerprint density at radius 3 is 1.57 bits per heavy atom. The van der Waals surface area contributed by atoms with E-state index in [2.05, 4.69) is 9.95 Å². The van der Waals surface area contributed by atoms with E-state index >= 15 is 0 Å². The van der Waals surface area contributed by atoms with Crippen molar-refractivity contribution in [3.05, 3.63) is 45.3 Å². The van der Waals surface area contributed by atoms with E-state index in [1.54, 1.807) is 0 Å². The van der Waals surface area contributed by atoms with E-state index in [0.717, 1.165) is 0 Å². The molecule has 0 aliphatic rings. The topological polar surface area (TPSA) is 90.4 Å². The third kappa shape index (κ3) is 1.59. The second kappa shape index (κ2) is 3.87. The molecule has 0 heterocycles. The fraction of sp³-hybridized carbons (Fsp3) is 0. The summed E-state index contributed by atoms with van der Waals surface area (Å²) in [6, 6.07) is 5.57. The fourth-order valence-corrected chi connectivity index (χ4v) is 0.964. The summed E-state index contributed by atoms with van der Waals surface area (Å²) in [5.41, 5.74) is -0.226. The first-order valence-corrected chi connectivity index (χ1v) is 3.58. The Balaban J connectivity index is 3.33. The molecule has 1 aromatic carbocycles. The Morgan fingerprint density at radius 1 is 0.929 bits per heavy atom. The van der Waals surface area contributed by atoms with Crippen LogP contribution in [-0.4, -0.2) is 11.8 Å². The predicted octanol–water partition coefficient (Wildman–Crippen LogP) is 1.67. The van der Waals surface area contributed by atoms with Crippen molar-refractivity contribution in [2.24, 2.45) is 0 Å². The van der Waals surface area contributed by atoms with Gasteiger partial charge in [-0.2, -0.15) is 9.59 Å². The van der Waals surface area contributed by atoms with Crippen LogP contribution in [0.25, 0.3) is 9.95 Å². The third-order valence-electron chi connectivity index (χ3n) is 1.57. The van der Waals surface area contributed by atoms with Gasteiger partial charge in [-0.15, -0.1) is 0 Å². The molecule has 0 atom stereocenters. The molecule has 0 fully saturated rings. The molecule has 0 unspecified atom stereocenters. The van der Waals surface area contributed by atoms with Crippen molar-refractivity contribution in [2.75, 3.05) is 0 Å². The number of benzene rings is 1. The maximum absolute atomic E-state index is 11.0. The minimum absolute atomic E-state index is 0.113. The zero-order valence-corrected chi connectivity index (χ0v) is 6.91. The third-order valence-corrected chi connectivity index (χ3v) is 1.57. The van der Waals surface area contributed by atoms with Crippen LogP contribution in [0.15, 0.2) is 24.3 Å². The zero-order chi connectivity index (χ0) is 10.6. The first kappa shape index (κ1) is 9.49. The number of hydrogen-bond donors (Lipinski definition) is 0. The fourth-order valence-electron chi connectivity index (χ4n) is 0.964. The molecule has 0 radical (unpaired) electrons. The molecule has 14 heavy (non-hydrogen) atoms. The van der Waals surface area contributed by atoms with Gasteiger partial charge in [0.05, 0.1) is 0 Å². The standard InChI is InChI=1S/C8H4N4O2/c9-11-7(13)5-3-1-2-4-6(5)8(14)12-10/h1-4H/q+2. The maximum Gasteiger partial charge on any atom is 0.594 e. The van der Waals surface area contributed by atoms with E-state index < -0.39 is 11.8 Å². The lowest BCUT2D eigenvalue weighted by Crippen LogP contribution is -2.02. The molecule has 6 heteroatoms. The Morgan fingerprint density at radius 2 is 1.29 bits per heavy atom. The summed E-state index contributed by atoms with van der Waals surface area (Å²) in [5.74, 6) is -1.92. The van der Waals surface area contributed by atoms with Crippen LogP contribution in [0.4, 0.5) is 0 Å². The van der Waals surface area contributed by atoms with Crippen molar-refractivity contribution >= 4 is 11.8 Å². The normalized spacial score (nSPS) is 8.43. The molecule has 0 aliphatic heterocycles. The smallest absolute Gasteiger partial charge is 0.193 e. The molecule has 0 saturated carbocycles. The summed E-state index contributed by atoms with van der Waals surface area (Å²) in [6.07, 6.45) is 0. The Bertz CT molecular complexity index is 436. The summed E-state index contributed by atoms with van der Waals surface area (Å²) in [6.45, 7) is 0.